The van der Waals surface area contributed by atoms with E-state index >= 15 is 0 Å². The van der Waals surface area contributed by atoms with Crippen LogP contribution < -0.4 is 5.32 Å². The molecular formula is C35H47N2O+. The molecule has 38 heavy (non-hydrogen) atoms. The van der Waals surface area contributed by atoms with Crippen LogP contribution in [0.4, 0.5) is 5.69 Å². The summed E-state index contributed by atoms with van der Waals surface area (Å²) in [7, 11) is 2.15. The zero-order valence-electron chi connectivity index (χ0n) is 24.6. The molecule has 0 saturated heterocycles. The summed E-state index contributed by atoms with van der Waals surface area (Å²) in [5, 5.41) is 3.72. The van der Waals surface area contributed by atoms with Gasteiger partial charge in [-0.15, -0.1) is 0 Å². The highest BCUT2D eigenvalue weighted by Crippen LogP contribution is 2.39. The molecule has 1 aliphatic heterocycles. The number of carbonyl (C=O) groups excluding carboxylic acids is 1. The summed E-state index contributed by atoms with van der Waals surface area (Å²) in [6.07, 6.45) is 14.6. The monoisotopic (exact) mass is 511 g/mol. The quantitative estimate of drug-likeness (QED) is 0.168. The molecule has 0 radical (unpaired) electrons. The molecule has 0 unspecified atom stereocenters. The molecule has 0 amide bonds. The third-order valence-electron chi connectivity index (χ3n) is 7.91. The van der Waals surface area contributed by atoms with Crippen LogP contribution in [0, 0.1) is 5.92 Å². The Bertz CT molecular complexity index is 1210. The number of benzene rings is 2. The molecule has 1 N–H and O–H groups in total. The van der Waals surface area contributed by atoms with Crippen molar-refractivity contribution in [3.05, 3.63) is 102 Å². The van der Waals surface area contributed by atoms with Gasteiger partial charge in [-0.3, -0.25) is 4.79 Å². The summed E-state index contributed by atoms with van der Waals surface area (Å²) in [6.45, 7) is 14.0. The Hall–Kier alpha value is -3.20. The lowest BCUT2D eigenvalue weighted by Crippen LogP contribution is -2.31. The number of ketones is 1. The molecule has 0 spiro atoms. The fourth-order valence-corrected chi connectivity index (χ4v) is 5.28. The number of para-hydroxylation sites is 1. The second kappa shape index (κ2) is 13.0. The maximum atomic E-state index is 11.9. The zero-order valence-corrected chi connectivity index (χ0v) is 24.6. The minimum atomic E-state index is -0.146. The van der Waals surface area contributed by atoms with Gasteiger partial charge < -0.3 is 5.32 Å². The van der Waals surface area contributed by atoms with Gasteiger partial charge in [0.2, 0.25) is 5.69 Å². The van der Waals surface area contributed by atoms with Crippen LogP contribution in [0.3, 0.4) is 0 Å². The minimum absolute atomic E-state index is 0.0205. The number of Topliss-reactive ketones (excluding diaryl/α,β-unsaturated/α-hetero) is 1. The van der Waals surface area contributed by atoms with Crippen LogP contribution in [0.15, 0.2) is 90.7 Å². The number of unbranched alkanes of at least 4 members (excludes halogenated alkanes) is 2. The summed E-state index contributed by atoms with van der Waals surface area (Å²) in [5.41, 5.74) is 6.27. The normalized spacial score (nSPS) is 15.6. The van der Waals surface area contributed by atoms with Gasteiger partial charge in [-0.25, -0.2) is 0 Å². The first kappa shape index (κ1) is 29.4. The highest BCUT2D eigenvalue weighted by molar-refractivity contribution is 6.03. The van der Waals surface area contributed by atoms with Gasteiger partial charge in [0.1, 0.15) is 12.8 Å². The van der Waals surface area contributed by atoms with Gasteiger partial charge in [0.15, 0.2) is 5.71 Å². The van der Waals surface area contributed by atoms with Gasteiger partial charge in [0, 0.05) is 47.7 Å². The largest absolute Gasteiger partial charge is 0.388 e. The van der Waals surface area contributed by atoms with Crippen molar-refractivity contribution < 1.29 is 9.37 Å². The first-order valence-corrected chi connectivity index (χ1v) is 14.1. The number of nitrogens with one attached hydrogen (secondary N) is 1. The van der Waals surface area contributed by atoms with Crippen molar-refractivity contribution in [2.75, 3.05) is 13.6 Å². The maximum Gasteiger partial charge on any atom is 0.209 e. The maximum absolute atomic E-state index is 11.9. The van der Waals surface area contributed by atoms with Crippen molar-refractivity contribution in [3.63, 3.8) is 0 Å². The lowest BCUT2D eigenvalue weighted by atomic mass is 9.81. The molecular weight excluding hydrogens is 464 g/mol. The molecule has 2 aromatic rings. The Labute approximate surface area is 231 Å². The van der Waals surface area contributed by atoms with Crippen molar-refractivity contribution >= 4 is 17.2 Å². The van der Waals surface area contributed by atoms with E-state index in [0.29, 0.717) is 12.2 Å². The average molecular weight is 512 g/mol. The summed E-state index contributed by atoms with van der Waals surface area (Å²) in [4.78, 5) is 11.9. The van der Waals surface area contributed by atoms with E-state index < -0.39 is 0 Å². The molecule has 0 saturated carbocycles. The van der Waals surface area contributed by atoms with E-state index in [4.69, 9.17) is 0 Å². The van der Waals surface area contributed by atoms with E-state index in [-0.39, 0.29) is 16.7 Å². The van der Waals surface area contributed by atoms with Gasteiger partial charge in [-0.05, 0) is 38.3 Å². The highest BCUT2D eigenvalue weighted by Gasteiger charge is 2.42. The smallest absolute Gasteiger partial charge is 0.209 e. The number of hydrogen-bond donors (Lipinski definition) is 1. The molecule has 1 heterocycles. The fraction of sp³-hybridized carbons (Fsp3) is 0.429. The molecule has 2 aromatic carbocycles. The summed E-state index contributed by atoms with van der Waals surface area (Å²) in [5.74, 6) is 0.514. The SMILES string of the molecule is CC(C)C(=O)CCCCCN/C(=C/C=C/C=C/C1=[N+](C)c2ccccc2C1(C)C)C(C)(C)c1ccccc1. The molecule has 0 bridgehead atoms. The van der Waals surface area contributed by atoms with Gasteiger partial charge in [0.25, 0.3) is 0 Å². The molecule has 3 heteroatoms. The van der Waals surface area contributed by atoms with Gasteiger partial charge >= 0.3 is 0 Å². The summed E-state index contributed by atoms with van der Waals surface area (Å²) in [6, 6.07) is 19.3. The zero-order chi connectivity index (χ0) is 27.8. The van der Waals surface area contributed by atoms with E-state index in [9.17, 15) is 4.79 Å². The van der Waals surface area contributed by atoms with E-state index in [1.54, 1.807) is 0 Å². The van der Waals surface area contributed by atoms with E-state index in [1.165, 1.54) is 28.2 Å². The first-order valence-electron chi connectivity index (χ1n) is 14.1. The van der Waals surface area contributed by atoms with Crippen molar-refractivity contribution in [3.8, 4) is 0 Å². The number of carbonyl (C=O) groups is 1. The molecule has 0 fully saturated rings. The Kier molecular flexibility index (Phi) is 10.1. The Morgan fingerprint density at radius 3 is 2.32 bits per heavy atom. The van der Waals surface area contributed by atoms with Crippen molar-refractivity contribution in [1.82, 2.24) is 5.32 Å². The molecule has 3 nitrogen and oxygen atoms in total. The van der Waals surface area contributed by atoms with Crippen molar-refractivity contribution in [2.45, 2.75) is 78.1 Å². The van der Waals surface area contributed by atoms with Crippen LogP contribution in [-0.4, -0.2) is 29.7 Å². The van der Waals surface area contributed by atoms with Gasteiger partial charge in [-0.1, -0.05) is 101 Å². The Morgan fingerprint density at radius 1 is 0.947 bits per heavy atom. The van der Waals surface area contributed by atoms with Crippen molar-refractivity contribution in [2.24, 2.45) is 5.92 Å². The van der Waals surface area contributed by atoms with Crippen LogP contribution in [0.25, 0.3) is 0 Å². The topological polar surface area (TPSA) is 32.1 Å². The standard InChI is InChI=1S/C35H46N2O/c1-27(2)31(38)23-13-10-18-26-36-32(34(3,4)28-19-11-8-12-20-28)24-14-9-15-25-33-35(5,6)29-21-16-17-22-30(29)37(33)7/h8-9,11-12,14-17,19-22,24-25,27H,10,13,18,23,26H2,1-7H3/p+1. The third-order valence-corrected chi connectivity index (χ3v) is 7.91. The molecule has 202 valence electrons. The van der Waals surface area contributed by atoms with Crippen LogP contribution >= 0.6 is 0 Å². The van der Waals surface area contributed by atoms with Gasteiger partial charge in [-0.2, -0.15) is 4.58 Å². The number of rotatable bonds is 13. The lowest BCUT2D eigenvalue weighted by Gasteiger charge is -2.30. The second-order valence-electron chi connectivity index (χ2n) is 11.8. The Morgan fingerprint density at radius 2 is 1.63 bits per heavy atom. The fourth-order valence-electron chi connectivity index (χ4n) is 5.28. The van der Waals surface area contributed by atoms with E-state index in [1.807, 2.05) is 13.8 Å². The van der Waals surface area contributed by atoms with E-state index in [2.05, 4.69) is 130 Å². The Balaban J connectivity index is 1.70. The van der Waals surface area contributed by atoms with Crippen LogP contribution in [-0.2, 0) is 15.6 Å². The van der Waals surface area contributed by atoms with Crippen molar-refractivity contribution in [1.29, 1.82) is 0 Å². The lowest BCUT2D eigenvalue weighted by molar-refractivity contribution is -0.401. The van der Waals surface area contributed by atoms with E-state index in [0.717, 1.165) is 25.8 Å². The summed E-state index contributed by atoms with van der Waals surface area (Å²) >= 11 is 0. The second-order valence-corrected chi connectivity index (χ2v) is 11.8. The first-order chi connectivity index (χ1) is 18.1. The predicted octanol–water partition coefficient (Wildman–Crippen LogP) is 8.04. The molecule has 0 atom stereocenters. The third kappa shape index (κ3) is 7.01. The van der Waals surface area contributed by atoms with Crippen LogP contribution in [0.5, 0.6) is 0 Å². The summed E-state index contributed by atoms with van der Waals surface area (Å²) < 4.78 is 2.30. The highest BCUT2D eigenvalue weighted by atomic mass is 16.1. The average Bonchev–Trinajstić information content (AvgIpc) is 3.09. The minimum Gasteiger partial charge on any atom is -0.388 e. The molecule has 1 aliphatic rings. The molecule has 3 rings (SSSR count). The number of nitrogens with zero attached hydrogens (tertiary/aromatic N) is 1. The van der Waals surface area contributed by atoms with Gasteiger partial charge in [0.05, 0.1) is 5.41 Å². The number of fused-ring (bicyclic) bond motifs is 1. The number of hydrogen-bond acceptors (Lipinski definition) is 2. The molecule has 0 aromatic heterocycles. The van der Waals surface area contributed by atoms with Crippen LogP contribution in [0.1, 0.15) is 78.4 Å². The predicted molar refractivity (Wildman–Crippen MR) is 162 cm³/mol. The molecule has 0 aliphatic carbocycles. The van der Waals surface area contributed by atoms with Crippen LogP contribution in [0.2, 0.25) is 0 Å². The number of allylic oxidation sites excluding steroid dienone is 6.